The number of carbonyl (C=O) groups is 2. The first kappa shape index (κ1) is 13.9. The fourth-order valence-corrected chi connectivity index (χ4v) is 1.09. The van der Waals surface area contributed by atoms with Gasteiger partial charge in [-0.3, -0.25) is 4.79 Å². The summed E-state index contributed by atoms with van der Waals surface area (Å²) in [6.07, 6.45) is 0.713. The topological polar surface area (TPSA) is 78.4 Å². The molecule has 0 rings (SSSR count). The van der Waals surface area contributed by atoms with Crippen LogP contribution in [0.5, 0.6) is 0 Å². The van der Waals surface area contributed by atoms with Crippen LogP contribution in [0.25, 0.3) is 0 Å². The van der Waals surface area contributed by atoms with E-state index in [0.29, 0.717) is 6.42 Å². The largest absolute Gasteiger partial charge is 0.480 e. The molecule has 3 atom stereocenters. The first-order valence-corrected chi connectivity index (χ1v) is 5.14. The molecule has 0 radical (unpaired) electrons. The van der Waals surface area contributed by atoms with E-state index in [1.807, 2.05) is 13.8 Å². The van der Waals surface area contributed by atoms with E-state index in [4.69, 9.17) is 5.11 Å². The lowest BCUT2D eigenvalue weighted by Crippen LogP contribution is -2.50. The normalized spacial score (nSPS) is 16.5. The predicted molar refractivity (Wildman–Crippen MR) is 57.5 cm³/mol. The number of rotatable bonds is 6. The van der Waals surface area contributed by atoms with Crippen molar-refractivity contribution >= 4 is 11.9 Å². The van der Waals surface area contributed by atoms with Crippen molar-refractivity contribution in [3.63, 3.8) is 0 Å². The Morgan fingerprint density at radius 3 is 2.20 bits per heavy atom. The summed E-state index contributed by atoms with van der Waals surface area (Å²) in [7, 11) is 1.66. The van der Waals surface area contributed by atoms with Gasteiger partial charge < -0.3 is 15.7 Å². The summed E-state index contributed by atoms with van der Waals surface area (Å²) >= 11 is 0. The highest BCUT2D eigenvalue weighted by Crippen LogP contribution is 2.07. The molecule has 0 aliphatic carbocycles. The Morgan fingerprint density at radius 1 is 1.33 bits per heavy atom. The molecule has 0 bridgehead atoms. The van der Waals surface area contributed by atoms with Crippen molar-refractivity contribution in [3.8, 4) is 0 Å². The monoisotopic (exact) mass is 216 g/mol. The fourth-order valence-electron chi connectivity index (χ4n) is 1.09. The van der Waals surface area contributed by atoms with Crippen LogP contribution in [0.15, 0.2) is 0 Å². The number of likely N-dealkylation sites (N-methyl/N-ethyl adjacent to an activating group) is 1. The van der Waals surface area contributed by atoms with Crippen LogP contribution < -0.4 is 10.6 Å². The van der Waals surface area contributed by atoms with Crippen LogP contribution in [0.4, 0.5) is 0 Å². The van der Waals surface area contributed by atoms with Gasteiger partial charge in [0.05, 0.1) is 6.04 Å². The van der Waals surface area contributed by atoms with Gasteiger partial charge in [0.15, 0.2) is 0 Å². The molecule has 1 amide bonds. The molecular formula is C10H20N2O3. The number of aliphatic carboxylic acids is 1. The molecular weight excluding hydrogens is 196 g/mol. The molecule has 0 spiro atoms. The molecule has 0 heterocycles. The van der Waals surface area contributed by atoms with Crippen molar-refractivity contribution < 1.29 is 14.7 Å². The Bertz CT molecular complexity index is 231. The lowest BCUT2D eigenvalue weighted by atomic mass is 9.99. The molecule has 0 aromatic carbocycles. The molecule has 5 nitrogen and oxygen atoms in total. The van der Waals surface area contributed by atoms with Crippen molar-refractivity contribution in [3.05, 3.63) is 0 Å². The second-order valence-electron chi connectivity index (χ2n) is 3.72. The molecule has 5 heteroatoms. The molecule has 0 aliphatic rings. The van der Waals surface area contributed by atoms with Gasteiger partial charge in [0.25, 0.3) is 0 Å². The second-order valence-corrected chi connectivity index (χ2v) is 3.72. The molecule has 3 unspecified atom stereocenters. The third-order valence-electron chi connectivity index (χ3n) is 2.60. The molecule has 88 valence electrons. The maximum atomic E-state index is 11.5. The lowest BCUT2D eigenvalue weighted by Gasteiger charge is -2.21. The van der Waals surface area contributed by atoms with Crippen molar-refractivity contribution in [1.29, 1.82) is 0 Å². The van der Waals surface area contributed by atoms with E-state index in [1.54, 1.807) is 14.0 Å². The van der Waals surface area contributed by atoms with E-state index in [2.05, 4.69) is 10.6 Å². The van der Waals surface area contributed by atoms with Crippen molar-refractivity contribution in [2.75, 3.05) is 7.05 Å². The highest BCUT2D eigenvalue weighted by Gasteiger charge is 2.26. The highest BCUT2D eigenvalue weighted by molar-refractivity contribution is 5.86. The van der Waals surface area contributed by atoms with Gasteiger partial charge in [-0.2, -0.15) is 0 Å². The van der Waals surface area contributed by atoms with E-state index in [9.17, 15) is 9.59 Å². The van der Waals surface area contributed by atoms with Crippen LogP contribution in [0.2, 0.25) is 0 Å². The van der Waals surface area contributed by atoms with Gasteiger partial charge in [0.2, 0.25) is 5.91 Å². The van der Waals surface area contributed by atoms with Crippen LogP contribution >= 0.6 is 0 Å². The van der Waals surface area contributed by atoms with Gasteiger partial charge >= 0.3 is 5.97 Å². The zero-order valence-electron chi connectivity index (χ0n) is 9.70. The van der Waals surface area contributed by atoms with Gasteiger partial charge in [0.1, 0.15) is 6.04 Å². The summed E-state index contributed by atoms with van der Waals surface area (Å²) in [6.45, 7) is 5.39. The summed E-state index contributed by atoms with van der Waals surface area (Å²) < 4.78 is 0. The fraction of sp³-hybridized carbons (Fsp3) is 0.800. The minimum absolute atomic E-state index is 0.0736. The van der Waals surface area contributed by atoms with Crippen molar-refractivity contribution in [1.82, 2.24) is 10.6 Å². The summed E-state index contributed by atoms with van der Waals surface area (Å²) in [5.74, 6) is -1.35. The summed E-state index contributed by atoms with van der Waals surface area (Å²) in [5.41, 5.74) is 0. The average molecular weight is 216 g/mol. The SMILES string of the molecule is CCC(C)C(NC(=O)C(C)NC)C(=O)O. The summed E-state index contributed by atoms with van der Waals surface area (Å²) in [5, 5.41) is 14.2. The van der Waals surface area contributed by atoms with Crippen molar-refractivity contribution in [2.45, 2.75) is 39.3 Å². The van der Waals surface area contributed by atoms with Crippen molar-refractivity contribution in [2.24, 2.45) is 5.92 Å². The van der Waals surface area contributed by atoms with E-state index >= 15 is 0 Å². The van der Waals surface area contributed by atoms with E-state index in [-0.39, 0.29) is 17.9 Å². The number of carbonyl (C=O) groups excluding carboxylic acids is 1. The molecule has 0 fully saturated rings. The Labute approximate surface area is 90.2 Å². The quantitative estimate of drug-likeness (QED) is 0.593. The Kier molecular flexibility index (Phi) is 5.93. The number of carboxylic acids is 1. The second kappa shape index (κ2) is 6.40. The smallest absolute Gasteiger partial charge is 0.326 e. The van der Waals surface area contributed by atoms with E-state index in [1.165, 1.54) is 0 Å². The molecule has 0 aromatic rings. The minimum atomic E-state index is -0.985. The Morgan fingerprint density at radius 2 is 1.87 bits per heavy atom. The Balaban J connectivity index is 4.42. The van der Waals surface area contributed by atoms with Crippen LogP contribution in [0.3, 0.4) is 0 Å². The van der Waals surface area contributed by atoms with Crippen LogP contribution in [-0.4, -0.2) is 36.1 Å². The number of hydrogen-bond acceptors (Lipinski definition) is 3. The third-order valence-corrected chi connectivity index (χ3v) is 2.60. The summed E-state index contributed by atoms with van der Waals surface area (Å²) in [4.78, 5) is 22.4. The van der Waals surface area contributed by atoms with E-state index < -0.39 is 12.0 Å². The maximum Gasteiger partial charge on any atom is 0.326 e. The molecule has 0 aliphatic heterocycles. The van der Waals surface area contributed by atoms with Gasteiger partial charge in [-0.15, -0.1) is 0 Å². The molecule has 15 heavy (non-hydrogen) atoms. The number of nitrogens with one attached hydrogen (secondary N) is 2. The molecule has 0 saturated heterocycles. The van der Waals surface area contributed by atoms with Gasteiger partial charge in [-0.05, 0) is 19.9 Å². The Hall–Kier alpha value is -1.10. The number of amides is 1. The van der Waals surface area contributed by atoms with E-state index in [0.717, 1.165) is 0 Å². The minimum Gasteiger partial charge on any atom is -0.480 e. The zero-order valence-corrected chi connectivity index (χ0v) is 9.70. The van der Waals surface area contributed by atoms with Crippen LogP contribution in [0.1, 0.15) is 27.2 Å². The van der Waals surface area contributed by atoms with Gasteiger partial charge in [0, 0.05) is 0 Å². The molecule has 0 aromatic heterocycles. The zero-order chi connectivity index (χ0) is 12.0. The number of carboxylic acid groups (broad SMARTS) is 1. The van der Waals surface area contributed by atoms with Gasteiger partial charge in [-0.1, -0.05) is 20.3 Å². The predicted octanol–water partition coefficient (Wildman–Crippen LogP) is 0.210. The average Bonchev–Trinajstić information content (AvgIpc) is 2.22. The third kappa shape index (κ3) is 4.29. The first-order chi connectivity index (χ1) is 6.93. The standard InChI is InChI=1S/C10H20N2O3/c1-5-6(2)8(10(14)15)12-9(13)7(3)11-4/h6-8,11H,5H2,1-4H3,(H,12,13)(H,14,15). The highest BCUT2D eigenvalue weighted by atomic mass is 16.4. The molecule has 3 N–H and O–H groups in total. The lowest BCUT2D eigenvalue weighted by molar-refractivity contribution is -0.143. The van der Waals surface area contributed by atoms with Gasteiger partial charge in [-0.25, -0.2) is 4.79 Å². The first-order valence-electron chi connectivity index (χ1n) is 5.14. The maximum absolute atomic E-state index is 11.5. The number of hydrogen-bond donors (Lipinski definition) is 3. The van der Waals surface area contributed by atoms with Crippen LogP contribution in [-0.2, 0) is 9.59 Å². The molecule has 0 saturated carbocycles. The summed E-state index contributed by atoms with van der Waals surface area (Å²) in [6, 6.07) is -1.19. The van der Waals surface area contributed by atoms with Crippen LogP contribution in [0, 0.1) is 5.92 Å².